The van der Waals surface area contributed by atoms with Gasteiger partial charge >= 0.3 is 0 Å². The Morgan fingerprint density at radius 3 is 2.61 bits per heavy atom. The summed E-state index contributed by atoms with van der Waals surface area (Å²) in [7, 11) is 0. The van der Waals surface area contributed by atoms with Gasteiger partial charge in [-0.1, -0.05) is 35.3 Å². The van der Waals surface area contributed by atoms with Crippen LogP contribution in [0.25, 0.3) is 0 Å². The summed E-state index contributed by atoms with van der Waals surface area (Å²) in [5.74, 6) is 1.19. The second-order valence-electron chi connectivity index (χ2n) is 5.50. The average molecular weight is 438 g/mol. The van der Waals surface area contributed by atoms with Crippen molar-refractivity contribution in [2.24, 2.45) is 5.10 Å². The van der Waals surface area contributed by atoms with Gasteiger partial charge in [-0.25, -0.2) is 0 Å². The summed E-state index contributed by atoms with van der Waals surface area (Å²) < 4.78 is 11.6. The molecule has 0 fully saturated rings. The lowest BCUT2D eigenvalue weighted by Crippen LogP contribution is -2.31. The van der Waals surface area contributed by atoms with Crippen molar-refractivity contribution in [2.75, 3.05) is 13.2 Å². The van der Waals surface area contributed by atoms with Crippen LogP contribution in [0.4, 0.5) is 0 Å². The van der Waals surface area contributed by atoms with Gasteiger partial charge in [-0.2, -0.15) is 5.10 Å². The molecule has 0 aliphatic carbocycles. The molecule has 0 atom stereocenters. The molecule has 2 N–H and O–H groups in total. The van der Waals surface area contributed by atoms with Gasteiger partial charge in [-0.15, -0.1) is 6.58 Å². The van der Waals surface area contributed by atoms with Gasteiger partial charge in [0.05, 0.1) is 12.8 Å². The topological polar surface area (TPSA) is 54.9 Å². The number of hydrogen-bond donors (Lipinski definition) is 2. The van der Waals surface area contributed by atoms with Crippen LogP contribution in [0.5, 0.6) is 11.5 Å². The number of hydrazone groups is 1. The van der Waals surface area contributed by atoms with E-state index < -0.39 is 0 Å². The molecule has 0 aromatic heterocycles. The maximum atomic E-state index is 6.20. The first-order valence-corrected chi connectivity index (χ1v) is 9.72. The number of nitrogens with one attached hydrogen (secondary N) is 2. The van der Waals surface area contributed by atoms with Crippen LogP contribution in [0.2, 0.25) is 10.0 Å². The third kappa shape index (κ3) is 6.71. The maximum Gasteiger partial charge on any atom is 0.187 e. The molecule has 0 heterocycles. The molecule has 2 rings (SSSR count). The van der Waals surface area contributed by atoms with E-state index in [1.165, 1.54) is 0 Å². The SMILES string of the molecule is C=CCNC(=S)N/N=C/c1ccc(OCc2c(Cl)cccc2Cl)c(OCC)c1. The number of thiocarbonyl (C=S) groups is 1. The van der Waals surface area contributed by atoms with Crippen molar-refractivity contribution in [3.63, 3.8) is 0 Å². The lowest BCUT2D eigenvalue weighted by molar-refractivity contribution is 0.269. The van der Waals surface area contributed by atoms with Gasteiger partial charge in [0.15, 0.2) is 16.6 Å². The average Bonchev–Trinajstić information content (AvgIpc) is 2.67. The minimum atomic E-state index is 0.233. The molecule has 0 unspecified atom stereocenters. The summed E-state index contributed by atoms with van der Waals surface area (Å²) in [5.41, 5.74) is 4.28. The minimum Gasteiger partial charge on any atom is -0.490 e. The number of rotatable bonds is 9. The summed E-state index contributed by atoms with van der Waals surface area (Å²) in [5, 5.41) is 8.55. The van der Waals surface area contributed by atoms with Gasteiger partial charge in [0.2, 0.25) is 0 Å². The first kappa shape index (κ1) is 22.0. The van der Waals surface area contributed by atoms with Crippen molar-refractivity contribution in [1.29, 1.82) is 0 Å². The molecular weight excluding hydrogens is 417 g/mol. The quantitative estimate of drug-likeness (QED) is 0.251. The predicted molar refractivity (Wildman–Crippen MR) is 120 cm³/mol. The van der Waals surface area contributed by atoms with Crippen LogP contribution in [-0.2, 0) is 6.61 Å². The number of benzene rings is 2. The molecule has 0 bridgehead atoms. The second kappa shape index (κ2) is 11.5. The van der Waals surface area contributed by atoms with Crippen molar-refractivity contribution >= 4 is 46.7 Å². The first-order valence-electron chi connectivity index (χ1n) is 8.55. The van der Waals surface area contributed by atoms with Gasteiger partial charge in [0, 0.05) is 22.2 Å². The summed E-state index contributed by atoms with van der Waals surface area (Å²) in [6.45, 7) is 6.81. The van der Waals surface area contributed by atoms with Crippen LogP contribution in [0.1, 0.15) is 18.1 Å². The fourth-order valence-electron chi connectivity index (χ4n) is 2.18. The van der Waals surface area contributed by atoms with Crippen molar-refractivity contribution < 1.29 is 9.47 Å². The highest BCUT2D eigenvalue weighted by Gasteiger charge is 2.10. The Hall–Kier alpha value is -2.28. The van der Waals surface area contributed by atoms with E-state index >= 15 is 0 Å². The molecule has 0 amide bonds. The molecule has 0 spiro atoms. The summed E-state index contributed by atoms with van der Waals surface area (Å²) in [4.78, 5) is 0. The van der Waals surface area contributed by atoms with Crippen molar-refractivity contribution in [3.8, 4) is 11.5 Å². The van der Waals surface area contributed by atoms with Crippen LogP contribution < -0.4 is 20.2 Å². The first-order chi connectivity index (χ1) is 13.5. The Kier molecular flexibility index (Phi) is 9.07. The van der Waals surface area contributed by atoms with E-state index in [-0.39, 0.29) is 6.61 Å². The largest absolute Gasteiger partial charge is 0.490 e. The number of ether oxygens (including phenoxy) is 2. The van der Waals surface area contributed by atoms with E-state index in [1.807, 2.05) is 25.1 Å². The van der Waals surface area contributed by atoms with Crippen LogP contribution >= 0.6 is 35.4 Å². The molecule has 0 aliphatic rings. The third-order valence-corrected chi connectivity index (χ3v) is 4.43. The summed E-state index contributed by atoms with van der Waals surface area (Å²) in [6, 6.07) is 10.8. The lowest BCUT2D eigenvalue weighted by Gasteiger charge is -2.14. The molecule has 2 aromatic carbocycles. The fraction of sp³-hybridized carbons (Fsp3) is 0.200. The van der Waals surface area contributed by atoms with Gasteiger partial charge in [0.1, 0.15) is 6.61 Å². The fourth-order valence-corrected chi connectivity index (χ4v) is 2.83. The molecule has 5 nitrogen and oxygen atoms in total. The van der Waals surface area contributed by atoms with E-state index in [4.69, 9.17) is 44.9 Å². The van der Waals surface area contributed by atoms with Gasteiger partial charge in [0.25, 0.3) is 0 Å². The van der Waals surface area contributed by atoms with Gasteiger partial charge in [-0.05, 0) is 55.0 Å². The van der Waals surface area contributed by atoms with Crippen LogP contribution in [-0.4, -0.2) is 24.5 Å². The molecule has 0 saturated heterocycles. The van der Waals surface area contributed by atoms with E-state index in [0.717, 1.165) is 11.1 Å². The molecule has 2 aromatic rings. The Balaban J connectivity index is 2.07. The second-order valence-corrected chi connectivity index (χ2v) is 6.72. The normalized spacial score (nSPS) is 10.5. The molecule has 0 aliphatic heterocycles. The van der Waals surface area contributed by atoms with Gasteiger partial charge < -0.3 is 14.8 Å². The van der Waals surface area contributed by atoms with Crippen LogP contribution in [0.3, 0.4) is 0 Å². The Labute approximate surface area is 180 Å². The zero-order valence-corrected chi connectivity index (χ0v) is 17.7. The third-order valence-electron chi connectivity index (χ3n) is 3.49. The van der Waals surface area contributed by atoms with E-state index in [9.17, 15) is 0 Å². The highest BCUT2D eigenvalue weighted by molar-refractivity contribution is 7.80. The molecule has 148 valence electrons. The Morgan fingerprint density at radius 1 is 1.18 bits per heavy atom. The maximum absolute atomic E-state index is 6.20. The van der Waals surface area contributed by atoms with Crippen molar-refractivity contribution in [2.45, 2.75) is 13.5 Å². The predicted octanol–water partition coefficient (Wildman–Crippen LogP) is 4.96. The van der Waals surface area contributed by atoms with Crippen molar-refractivity contribution in [1.82, 2.24) is 10.7 Å². The number of hydrogen-bond acceptors (Lipinski definition) is 4. The number of halogens is 2. The lowest BCUT2D eigenvalue weighted by atomic mass is 10.2. The van der Waals surface area contributed by atoms with Crippen LogP contribution in [0.15, 0.2) is 54.2 Å². The van der Waals surface area contributed by atoms with E-state index in [0.29, 0.717) is 39.8 Å². The minimum absolute atomic E-state index is 0.233. The Bertz CT molecular complexity index is 839. The van der Waals surface area contributed by atoms with Gasteiger partial charge in [-0.3, -0.25) is 5.43 Å². The molecule has 0 saturated carbocycles. The molecule has 0 radical (unpaired) electrons. The Morgan fingerprint density at radius 2 is 1.93 bits per heavy atom. The number of nitrogens with zero attached hydrogens (tertiary/aromatic N) is 1. The summed E-state index contributed by atoms with van der Waals surface area (Å²) in [6.07, 6.45) is 3.35. The molecular formula is C20H21Cl2N3O2S. The highest BCUT2D eigenvalue weighted by atomic mass is 35.5. The standard InChI is InChI=1S/C20H21Cl2N3O2S/c1-3-10-23-20(28)25-24-12-14-8-9-18(19(11-14)26-4-2)27-13-15-16(21)6-5-7-17(15)22/h3,5-9,11-12H,1,4,10,13H2,2H3,(H2,23,25,28)/b24-12+. The van der Waals surface area contributed by atoms with E-state index in [1.54, 1.807) is 30.5 Å². The van der Waals surface area contributed by atoms with Crippen molar-refractivity contribution in [3.05, 3.63) is 70.2 Å². The zero-order valence-electron chi connectivity index (χ0n) is 15.4. The van der Waals surface area contributed by atoms with Crippen LogP contribution in [0, 0.1) is 0 Å². The molecule has 8 heteroatoms. The monoisotopic (exact) mass is 437 g/mol. The summed E-state index contributed by atoms with van der Waals surface area (Å²) >= 11 is 17.5. The smallest absolute Gasteiger partial charge is 0.187 e. The van der Waals surface area contributed by atoms with E-state index in [2.05, 4.69) is 22.4 Å². The zero-order chi connectivity index (χ0) is 20.4. The molecule has 28 heavy (non-hydrogen) atoms. The highest BCUT2D eigenvalue weighted by Crippen LogP contribution is 2.31.